The van der Waals surface area contributed by atoms with Gasteiger partial charge in [-0.1, -0.05) is 13.8 Å². The molecule has 1 fully saturated rings. The summed E-state index contributed by atoms with van der Waals surface area (Å²) in [5.41, 5.74) is 1.92. The van der Waals surface area contributed by atoms with Gasteiger partial charge in [-0.3, -0.25) is 4.68 Å². The zero-order valence-electron chi connectivity index (χ0n) is 18.1. The Hall–Kier alpha value is -2.72. The molecule has 3 aromatic rings. The van der Waals surface area contributed by atoms with Crippen LogP contribution >= 0.6 is 0 Å². The van der Waals surface area contributed by atoms with E-state index in [4.69, 9.17) is 4.98 Å². The monoisotopic (exact) mass is 426 g/mol. The summed E-state index contributed by atoms with van der Waals surface area (Å²) in [5, 5.41) is 9.13. The van der Waals surface area contributed by atoms with Crippen molar-refractivity contribution in [2.45, 2.75) is 60.1 Å². The van der Waals surface area contributed by atoms with Gasteiger partial charge in [0.2, 0.25) is 5.95 Å². The Kier molecular flexibility index (Phi) is 8.55. The van der Waals surface area contributed by atoms with Crippen LogP contribution in [0.5, 0.6) is 0 Å². The van der Waals surface area contributed by atoms with Crippen molar-refractivity contribution in [3.63, 3.8) is 0 Å². The summed E-state index contributed by atoms with van der Waals surface area (Å²) in [7, 11) is 1.96. The SMILES string of the molecule is CC.Cc1cnc(C)n2nc(CCc3nc(N4CCCC4)nn3C)nc12.FC(F)F. The van der Waals surface area contributed by atoms with E-state index in [1.165, 1.54) is 12.8 Å². The summed E-state index contributed by atoms with van der Waals surface area (Å²) < 4.78 is 32.7. The van der Waals surface area contributed by atoms with E-state index in [0.717, 1.165) is 60.6 Å². The molecule has 0 radical (unpaired) electrons. The molecule has 0 aromatic carbocycles. The van der Waals surface area contributed by atoms with E-state index in [-0.39, 0.29) is 0 Å². The molecule has 1 aliphatic heterocycles. The third kappa shape index (κ3) is 5.90. The van der Waals surface area contributed by atoms with Gasteiger partial charge in [0.1, 0.15) is 11.6 Å². The standard InChI is InChI=1S/C16H22N8.C2H6.CHF3/c1-11-10-17-12(2)24-15(11)18-13(20-24)6-7-14-19-16(21-22(14)3)23-8-4-5-9-23;1-2;2-1(3)4/h10H,4-9H2,1-3H3;1-2H3;1H. The number of hydrogen-bond acceptors (Lipinski definition) is 6. The molecule has 4 rings (SSSR count). The van der Waals surface area contributed by atoms with Crippen LogP contribution in [-0.4, -0.2) is 54.1 Å². The first-order chi connectivity index (χ1) is 14.3. The van der Waals surface area contributed by atoms with Gasteiger partial charge in [0.25, 0.3) is 0 Å². The average Bonchev–Trinajstić information content (AvgIpc) is 3.44. The maximum Gasteiger partial charge on any atom is 0.379 e. The maximum atomic E-state index is 9.67. The summed E-state index contributed by atoms with van der Waals surface area (Å²) in [4.78, 5) is 15.9. The van der Waals surface area contributed by atoms with E-state index in [1.807, 2.05) is 50.1 Å². The van der Waals surface area contributed by atoms with Crippen LogP contribution in [0.15, 0.2) is 6.20 Å². The number of fused-ring (bicyclic) bond motifs is 1. The minimum Gasteiger partial charge on any atom is -0.340 e. The summed E-state index contributed by atoms with van der Waals surface area (Å²) in [6.45, 7) is 6.40. The second-order valence-corrected chi connectivity index (χ2v) is 6.65. The lowest BCUT2D eigenvalue weighted by Gasteiger charge is -2.10. The topological polar surface area (TPSA) is 77.0 Å². The summed E-state index contributed by atoms with van der Waals surface area (Å²) >= 11 is 0. The number of nitrogens with zero attached hydrogens (tertiary/aromatic N) is 8. The molecule has 3 aromatic heterocycles. The number of rotatable bonds is 4. The van der Waals surface area contributed by atoms with Crippen LogP contribution < -0.4 is 4.90 Å². The third-order valence-electron chi connectivity index (χ3n) is 4.56. The van der Waals surface area contributed by atoms with Crippen molar-refractivity contribution >= 4 is 11.6 Å². The minimum absolute atomic E-state index is 0.743. The van der Waals surface area contributed by atoms with E-state index in [0.29, 0.717) is 0 Å². The van der Waals surface area contributed by atoms with Crippen molar-refractivity contribution in [2.24, 2.45) is 7.05 Å². The number of aromatic nitrogens is 7. The highest BCUT2D eigenvalue weighted by Gasteiger charge is 2.18. The molecule has 0 N–H and O–H groups in total. The van der Waals surface area contributed by atoms with Gasteiger partial charge < -0.3 is 4.90 Å². The maximum absolute atomic E-state index is 9.67. The van der Waals surface area contributed by atoms with Crippen molar-refractivity contribution in [1.82, 2.24) is 34.3 Å². The van der Waals surface area contributed by atoms with Gasteiger partial charge in [-0.2, -0.15) is 22.7 Å². The van der Waals surface area contributed by atoms with Crippen LogP contribution in [0.25, 0.3) is 5.65 Å². The first-order valence-corrected chi connectivity index (χ1v) is 10.1. The minimum atomic E-state index is -3.67. The van der Waals surface area contributed by atoms with Gasteiger partial charge >= 0.3 is 6.68 Å². The Bertz CT molecular complexity index is 890. The fraction of sp³-hybridized carbons (Fsp3) is 0.632. The Balaban J connectivity index is 0.000000481. The molecule has 30 heavy (non-hydrogen) atoms. The Labute approximate surface area is 174 Å². The first-order valence-electron chi connectivity index (χ1n) is 10.1. The normalized spacial score (nSPS) is 13.3. The lowest BCUT2D eigenvalue weighted by molar-refractivity contribution is 0.00819. The van der Waals surface area contributed by atoms with Gasteiger partial charge in [0.15, 0.2) is 11.5 Å². The molecule has 0 aliphatic carbocycles. The van der Waals surface area contributed by atoms with E-state index in [1.54, 1.807) is 0 Å². The molecule has 11 heteroatoms. The number of aryl methyl sites for hydroxylation is 5. The predicted molar refractivity (Wildman–Crippen MR) is 109 cm³/mol. The molecular weight excluding hydrogens is 397 g/mol. The number of hydrogen-bond donors (Lipinski definition) is 0. The zero-order chi connectivity index (χ0) is 22.3. The Morgan fingerprint density at radius 1 is 1.00 bits per heavy atom. The van der Waals surface area contributed by atoms with Crippen molar-refractivity contribution in [1.29, 1.82) is 0 Å². The highest BCUT2D eigenvalue weighted by molar-refractivity contribution is 5.45. The fourth-order valence-corrected chi connectivity index (χ4v) is 3.14. The van der Waals surface area contributed by atoms with Crippen LogP contribution in [0.4, 0.5) is 19.1 Å². The predicted octanol–water partition coefficient (Wildman–Crippen LogP) is 3.46. The van der Waals surface area contributed by atoms with Crippen molar-refractivity contribution in [3.05, 3.63) is 29.2 Å². The molecule has 0 bridgehead atoms. The molecule has 1 saturated heterocycles. The molecule has 8 nitrogen and oxygen atoms in total. The van der Waals surface area contributed by atoms with Crippen molar-refractivity contribution < 1.29 is 13.2 Å². The van der Waals surface area contributed by atoms with Gasteiger partial charge in [0, 0.05) is 44.7 Å². The van der Waals surface area contributed by atoms with E-state index < -0.39 is 6.68 Å². The molecule has 0 saturated carbocycles. The largest absolute Gasteiger partial charge is 0.379 e. The molecular formula is C19H29F3N8. The number of halogens is 3. The molecule has 0 atom stereocenters. The Morgan fingerprint density at radius 2 is 1.63 bits per heavy atom. The molecule has 166 valence electrons. The first kappa shape index (κ1) is 23.6. The van der Waals surface area contributed by atoms with Gasteiger partial charge in [-0.05, 0) is 26.7 Å². The lowest BCUT2D eigenvalue weighted by atomic mass is 10.3. The van der Waals surface area contributed by atoms with Gasteiger partial charge in [0.05, 0.1) is 0 Å². The van der Waals surface area contributed by atoms with Crippen LogP contribution in [0, 0.1) is 13.8 Å². The van der Waals surface area contributed by atoms with Crippen LogP contribution in [-0.2, 0) is 19.9 Å². The molecule has 1 aliphatic rings. The zero-order valence-corrected chi connectivity index (χ0v) is 18.1. The third-order valence-corrected chi connectivity index (χ3v) is 4.56. The summed E-state index contributed by atoms with van der Waals surface area (Å²) in [6, 6.07) is 0. The molecule has 0 amide bonds. The molecule has 4 heterocycles. The lowest BCUT2D eigenvalue weighted by Crippen LogP contribution is -2.19. The fourth-order valence-electron chi connectivity index (χ4n) is 3.14. The number of anilines is 1. The highest BCUT2D eigenvalue weighted by atomic mass is 19.4. The van der Waals surface area contributed by atoms with Gasteiger partial charge in [-0.15, -0.1) is 10.2 Å². The van der Waals surface area contributed by atoms with Gasteiger partial charge in [-0.25, -0.2) is 9.97 Å². The van der Waals surface area contributed by atoms with Crippen molar-refractivity contribution in [3.8, 4) is 0 Å². The second kappa shape index (κ2) is 10.9. The van der Waals surface area contributed by atoms with Crippen LogP contribution in [0.2, 0.25) is 0 Å². The average molecular weight is 426 g/mol. The summed E-state index contributed by atoms with van der Waals surface area (Å²) in [6.07, 6.45) is 5.82. The van der Waals surface area contributed by atoms with E-state index in [2.05, 4.69) is 25.1 Å². The van der Waals surface area contributed by atoms with Crippen LogP contribution in [0.3, 0.4) is 0 Å². The number of alkyl halides is 3. The van der Waals surface area contributed by atoms with E-state index >= 15 is 0 Å². The smallest absolute Gasteiger partial charge is 0.340 e. The molecule has 0 spiro atoms. The highest BCUT2D eigenvalue weighted by Crippen LogP contribution is 2.17. The quantitative estimate of drug-likeness (QED) is 0.636. The summed E-state index contributed by atoms with van der Waals surface area (Å²) in [5.74, 6) is 3.50. The van der Waals surface area contributed by atoms with Crippen molar-refractivity contribution in [2.75, 3.05) is 18.0 Å². The van der Waals surface area contributed by atoms with E-state index in [9.17, 15) is 13.2 Å². The molecule has 0 unspecified atom stereocenters. The van der Waals surface area contributed by atoms with Crippen LogP contribution in [0.1, 0.15) is 49.7 Å². The Morgan fingerprint density at radius 3 is 2.23 bits per heavy atom. The second-order valence-electron chi connectivity index (χ2n) is 6.65.